The summed E-state index contributed by atoms with van der Waals surface area (Å²) in [5.74, 6) is 0.360. The fraction of sp³-hybridized carbons (Fsp3) is 0.250. The summed E-state index contributed by atoms with van der Waals surface area (Å²) in [5, 5.41) is 5.40. The van der Waals surface area contributed by atoms with Crippen molar-refractivity contribution in [1.29, 1.82) is 0 Å². The number of ether oxygens (including phenoxy) is 2. The first-order valence-electron chi connectivity index (χ1n) is 10.1. The van der Waals surface area contributed by atoms with E-state index in [0.29, 0.717) is 18.2 Å². The van der Waals surface area contributed by atoms with E-state index in [1.165, 1.54) is 0 Å². The Labute approximate surface area is 187 Å². The van der Waals surface area contributed by atoms with Crippen LogP contribution < -0.4 is 15.4 Å². The van der Waals surface area contributed by atoms with Gasteiger partial charge in [-0.1, -0.05) is 30.3 Å². The van der Waals surface area contributed by atoms with E-state index in [-0.39, 0.29) is 18.1 Å². The second-order valence-electron chi connectivity index (χ2n) is 7.98. The van der Waals surface area contributed by atoms with E-state index in [9.17, 15) is 9.59 Å². The molecule has 0 fully saturated rings. The van der Waals surface area contributed by atoms with Crippen LogP contribution in [0.2, 0.25) is 0 Å². The largest absolute Gasteiger partial charge is 0.486 e. The number of carbonyl (C=O) groups excluding carboxylic acids is 2. The van der Waals surface area contributed by atoms with Crippen molar-refractivity contribution in [3.05, 3.63) is 83.8 Å². The highest BCUT2D eigenvalue weighted by Gasteiger charge is 2.17. The molecular weight excluding hydrogens is 408 g/mol. The summed E-state index contributed by atoms with van der Waals surface area (Å²) in [6.45, 7) is 5.89. The van der Waals surface area contributed by atoms with Crippen LogP contribution >= 0.6 is 0 Å². The molecule has 0 radical (unpaired) electrons. The number of hydrogen-bond acceptors (Lipinski definition) is 6. The molecule has 8 nitrogen and oxygen atoms in total. The fourth-order valence-electron chi connectivity index (χ4n) is 2.74. The van der Waals surface area contributed by atoms with Crippen molar-refractivity contribution in [3.63, 3.8) is 0 Å². The Kier molecular flexibility index (Phi) is 7.38. The van der Waals surface area contributed by atoms with Crippen LogP contribution in [0.15, 0.2) is 67.0 Å². The lowest BCUT2D eigenvalue weighted by Crippen LogP contribution is -2.27. The van der Waals surface area contributed by atoms with Crippen molar-refractivity contribution in [2.24, 2.45) is 0 Å². The summed E-state index contributed by atoms with van der Waals surface area (Å²) >= 11 is 0. The van der Waals surface area contributed by atoms with Gasteiger partial charge in [-0.05, 0) is 56.2 Å². The van der Waals surface area contributed by atoms with Gasteiger partial charge in [0.25, 0.3) is 5.91 Å². The van der Waals surface area contributed by atoms with E-state index in [0.717, 1.165) is 11.1 Å². The van der Waals surface area contributed by atoms with E-state index >= 15 is 0 Å². The molecule has 8 heteroatoms. The van der Waals surface area contributed by atoms with Gasteiger partial charge >= 0.3 is 6.09 Å². The van der Waals surface area contributed by atoms with Crippen molar-refractivity contribution in [1.82, 2.24) is 15.3 Å². The molecule has 0 aliphatic carbocycles. The molecule has 0 bridgehead atoms. The molecule has 0 saturated carbocycles. The van der Waals surface area contributed by atoms with E-state index < -0.39 is 11.7 Å². The van der Waals surface area contributed by atoms with Crippen LogP contribution in [0.25, 0.3) is 0 Å². The molecule has 166 valence electrons. The molecular formula is C24H26N4O4. The third-order valence-electron chi connectivity index (χ3n) is 4.13. The van der Waals surface area contributed by atoms with E-state index in [1.54, 1.807) is 57.4 Å². The maximum absolute atomic E-state index is 12.7. The molecule has 0 aliphatic rings. The standard InChI is InChI=1S/C24H26N4O4/c1-24(2,3)32-23(30)28-20-14-18(11-13-25-20)15-27-22(29)21-19(10-7-12-26-21)31-16-17-8-5-4-6-9-17/h4-14H,15-16H2,1-3H3,(H,27,29)(H,25,28,30). The minimum Gasteiger partial charge on any atom is -0.486 e. The molecule has 2 amide bonds. The number of aromatic nitrogens is 2. The van der Waals surface area contributed by atoms with Gasteiger partial charge < -0.3 is 14.8 Å². The van der Waals surface area contributed by atoms with Crippen LogP contribution in [0.4, 0.5) is 10.6 Å². The molecule has 0 unspecified atom stereocenters. The topological polar surface area (TPSA) is 102 Å². The van der Waals surface area contributed by atoms with Gasteiger partial charge in [-0.2, -0.15) is 0 Å². The Morgan fingerprint density at radius 2 is 1.72 bits per heavy atom. The average molecular weight is 434 g/mol. The van der Waals surface area contributed by atoms with Crippen LogP contribution in [0, 0.1) is 0 Å². The van der Waals surface area contributed by atoms with E-state index in [1.807, 2.05) is 30.3 Å². The van der Waals surface area contributed by atoms with E-state index in [4.69, 9.17) is 9.47 Å². The van der Waals surface area contributed by atoms with Gasteiger partial charge in [-0.15, -0.1) is 0 Å². The third kappa shape index (κ3) is 7.09. The number of anilines is 1. The normalized spacial score (nSPS) is 10.8. The minimum atomic E-state index is -0.612. The SMILES string of the molecule is CC(C)(C)OC(=O)Nc1cc(CNC(=O)c2ncccc2OCc2ccccc2)ccn1. The van der Waals surface area contributed by atoms with Gasteiger partial charge in [0.1, 0.15) is 18.0 Å². The molecule has 3 aromatic rings. The van der Waals surface area contributed by atoms with Crippen LogP contribution in [-0.2, 0) is 17.9 Å². The summed E-state index contributed by atoms with van der Waals surface area (Å²) in [6, 6.07) is 16.5. The highest BCUT2D eigenvalue weighted by atomic mass is 16.6. The molecule has 1 aromatic carbocycles. The zero-order valence-corrected chi connectivity index (χ0v) is 18.3. The molecule has 2 aromatic heterocycles. The molecule has 3 rings (SSSR count). The maximum Gasteiger partial charge on any atom is 0.413 e. The number of nitrogens with one attached hydrogen (secondary N) is 2. The molecule has 0 spiro atoms. The number of nitrogens with zero attached hydrogens (tertiary/aromatic N) is 2. The molecule has 0 aliphatic heterocycles. The van der Waals surface area contributed by atoms with Crippen molar-refractivity contribution >= 4 is 17.8 Å². The van der Waals surface area contributed by atoms with Gasteiger partial charge in [-0.3, -0.25) is 10.1 Å². The zero-order chi connectivity index (χ0) is 23.0. The van der Waals surface area contributed by atoms with Crippen molar-refractivity contribution in [3.8, 4) is 5.75 Å². The smallest absolute Gasteiger partial charge is 0.413 e. The van der Waals surface area contributed by atoms with Crippen molar-refractivity contribution in [2.75, 3.05) is 5.32 Å². The van der Waals surface area contributed by atoms with Crippen LogP contribution in [0.1, 0.15) is 42.4 Å². The summed E-state index contributed by atoms with van der Waals surface area (Å²) < 4.78 is 11.0. The van der Waals surface area contributed by atoms with Crippen LogP contribution in [0.3, 0.4) is 0 Å². The maximum atomic E-state index is 12.7. The Morgan fingerprint density at radius 1 is 0.938 bits per heavy atom. The monoisotopic (exact) mass is 434 g/mol. The highest BCUT2D eigenvalue weighted by molar-refractivity contribution is 5.94. The number of amides is 2. The zero-order valence-electron chi connectivity index (χ0n) is 18.3. The summed E-state index contributed by atoms with van der Waals surface area (Å²) in [5.41, 5.74) is 1.33. The van der Waals surface area contributed by atoms with Gasteiger partial charge in [0.15, 0.2) is 11.4 Å². The number of benzene rings is 1. The summed E-state index contributed by atoms with van der Waals surface area (Å²) in [7, 11) is 0. The predicted molar refractivity (Wildman–Crippen MR) is 120 cm³/mol. The van der Waals surface area contributed by atoms with Gasteiger partial charge in [0.2, 0.25) is 0 Å². The van der Waals surface area contributed by atoms with Gasteiger partial charge in [0, 0.05) is 18.9 Å². The Morgan fingerprint density at radius 3 is 2.47 bits per heavy atom. The first-order valence-corrected chi connectivity index (χ1v) is 10.1. The Bertz CT molecular complexity index is 1060. The van der Waals surface area contributed by atoms with Gasteiger partial charge in [0.05, 0.1) is 0 Å². The van der Waals surface area contributed by atoms with Crippen LogP contribution in [0.5, 0.6) is 5.75 Å². The molecule has 0 atom stereocenters. The average Bonchev–Trinajstić information content (AvgIpc) is 2.76. The second kappa shape index (κ2) is 10.4. The predicted octanol–water partition coefficient (Wildman–Crippen LogP) is 4.33. The number of carbonyl (C=O) groups is 2. The number of hydrogen-bond donors (Lipinski definition) is 2. The lowest BCUT2D eigenvalue weighted by Gasteiger charge is -2.19. The first kappa shape index (κ1) is 22.7. The lowest BCUT2D eigenvalue weighted by molar-refractivity contribution is 0.0635. The molecule has 2 N–H and O–H groups in total. The number of pyridine rings is 2. The quantitative estimate of drug-likeness (QED) is 0.574. The minimum absolute atomic E-state index is 0.199. The summed E-state index contributed by atoms with van der Waals surface area (Å²) in [6.07, 6.45) is 2.49. The Hall–Kier alpha value is -3.94. The first-order chi connectivity index (χ1) is 15.3. The van der Waals surface area contributed by atoms with Crippen molar-refractivity contribution in [2.45, 2.75) is 39.5 Å². The van der Waals surface area contributed by atoms with Crippen molar-refractivity contribution < 1.29 is 19.1 Å². The van der Waals surface area contributed by atoms with Crippen LogP contribution in [-0.4, -0.2) is 27.6 Å². The van der Waals surface area contributed by atoms with E-state index in [2.05, 4.69) is 20.6 Å². The third-order valence-corrected chi connectivity index (χ3v) is 4.13. The fourth-order valence-corrected chi connectivity index (χ4v) is 2.74. The molecule has 32 heavy (non-hydrogen) atoms. The molecule has 2 heterocycles. The summed E-state index contributed by atoms with van der Waals surface area (Å²) in [4.78, 5) is 32.9. The lowest BCUT2D eigenvalue weighted by atomic mass is 10.2. The van der Waals surface area contributed by atoms with Gasteiger partial charge in [-0.25, -0.2) is 14.8 Å². The molecule has 0 saturated heterocycles. The Balaban J connectivity index is 1.60. The number of rotatable bonds is 7. The second-order valence-corrected chi connectivity index (χ2v) is 7.98. The highest BCUT2D eigenvalue weighted by Crippen LogP contribution is 2.18.